The molecule has 0 bridgehead atoms. The van der Waals surface area contributed by atoms with Crippen molar-refractivity contribution in [2.75, 3.05) is 19.0 Å². The second kappa shape index (κ2) is 8.62. The van der Waals surface area contributed by atoms with Crippen LogP contribution in [-0.2, 0) is 4.79 Å². The van der Waals surface area contributed by atoms with Crippen molar-refractivity contribution in [2.24, 2.45) is 0 Å². The molecule has 1 amide bonds. The van der Waals surface area contributed by atoms with Crippen molar-refractivity contribution in [3.63, 3.8) is 0 Å². The SMILES string of the molecule is C=CCOc1cccc(NC(=O)[C@H](C)Oc2ccccc2OC)c1. The molecule has 5 nitrogen and oxygen atoms in total. The van der Waals surface area contributed by atoms with Gasteiger partial charge in [-0.05, 0) is 31.2 Å². The number of rotatable bonds is 8. The molecule has 0 aliphatic heterocycles. The molecule has 1 atom stereocenters. The van der Waals surface area contributed by atoms with E-state index in [0.29, 0.717) is 29.5 Å². The van der Waals surface area contributed by atoms with E-state index in [0.717, 1.165) is 0 Å². The smallest absolute Gasteiger partial charge is 0.265 e. The van der Waals surface area contributed by atoms with Crippen molar-refractivity contribution in [2.45, 2.75) is 13.0 Å². The summed E-state index contributed by atoms with van der Waals surface area (Å²) in [6, 6.07) is 14.3. The normalized spacial score (nSPS) is 11.2. The molecule has 0 spiro atoms. The number of ether oxygens (including phenoxy) is 3. The lowest BCUT2D eigenvalue weighted by Gasteiger charge is -2.17. The number of hydrogen-bond acceptors (Lipinski definition) is 4. The molecule has 1 N–H and O–H groups in total. The van der Waals surface area contributed by atoms with Gasteiger partial charge in [0.1, 0.15) is 12.4 Å². The number of benzene rings is 2. The van der Waals surface area contributed by atoms with Gasteiger partial charge in [0.2, 0.25) is 0 Å². The molecule has 0 aromatic heterocycles. The van der Waals surface area contributed by atoms with Crippen LogP contribution in [0.3, 0.4) is 0 Å². The molecule has 5 heteroatoms. The molecule has 2 aromatic rings. The number of para-hydroxylation sites is 2. The summed E-state index contributed by atoms with van der Waals surface area (Å²) in [5.74, 6) is 1.50. The predicted molar refractivity (Wildman–Crippen MR) is 93.8 cm³/mol. The van der Waals surface area contributed by atoms with Gasteiger partial charge in [0.15, 0.2) is 17.6 Å². The third-order valence-electron chi connectivity index (χ3n) is 3.21. The molecular formula is C19H21NO4. The van der Waals surface area contributed by atoms with E-state index in [1.54, 1.807) is 50.4 Å². The average molecular weight is 327 g/mol. The van der Waals surface area contributed by atoms with Gasteiger partial charge >= 0.3 is 0 Å². The monoisotopic (exact) mass is 327 g/mol. The first-order chi connectivity index (χ1) is 11.6. The second-order valence-corrected chi connectivity index (χ2v) is 5.03. The Labute approximate surface area is 141 Å². The minimum Gasteiger partial charge on any atom is -0.493 e. The Balaban J connectivity index is 2.00. The third kappa shape index (κ3) is 4.78. The standard InChI is InChI=1S/C19H21NO4/c1-4-12-23-16-9-7-8-15(13-16)20-19(21)14(2)24-18-11-6-5-10-17(18)22-3/h4-11,13-14H,1,12H2,2-3H3,(H,20,21)/t14-/m0/s1. The lowest BCUT2D eigenvalue weighted by Crippen LogP contribution is -2.30. The van der Waals surface area contributed by atoms with Gasteiger partial charge in [-0.15, -0.1) is 0 Å². The summed E-state index contributed by atoms with van der Waals surface area (Å²) in [5.41, 5.74) is 0.636. The molecule has 24 heavy (non-hydrogen) atoms. The maximum Gasteiger partial charge on any atom is 0.265 e. The van der Waals surface area contributed by atoms with E-state index in [2.05, 4.69) is 11.9 Å². The number of carbonyl (C=O) groups is 1. The van der Waals surface area contributed by atoms with Crippen LogP contribution in [0.4, 0.5) is 5.69 Å². The van der Waals surface area contributed by atoms with E-state index in [1.165, 1.54) is 0 Å². The molecule has 0 unspecified atom stereocenters. The van der Waals surface area contributed by atoms with E-state index in [1.807, 2.05) is 18.2 Å². The molecule has 0 saturated heterocycles. The molecule has 126 valence electrons. The van der Waals surface area contributed by atoms with Crippen LogP contribution in [0.2, 0.25) is 0 Å². The van der Waals surface area contributed by atoms with Crippen molar-refractivity contribution in [3.05, 3.63) is 61.2 Å². The number of amides is 1. The molecule has 0 aliphatic rings. The van der Waals surface area contributed by atoms with E-state index < -0.39 is 6.10 Å². The fraction of sp³-hybridized carbons (Fsp3) is 0.211. The zero-order valence-corrected chi connectivity index (χ0v) is 13.8. The van der Waals surface area contributed by atoms with Crippen LogP contribution >= 0.6 is 0 Å². The number of anilines is 1. The van der Waals surface area contributed by atoms with Gasteiger partial charge in [0.25, 0.3) is 5.91 Å². The van der Waals surface area contributed by atoms with Crippen LogP contribution in [0, 0.1) is 0 Å². The molecule has 2 aromatic carbocycles. The van der Waals surface area contributed by atoms with Crippen LogP contribution < -0.4 is 19.5 Å². The van der Waals surface area contributed by atoms with Gasteiger partial charge in [0, 0.05) is 11.8 Å². The molecule has 0 saturated carbocycles. The van der Waals surface area contributed by atoms with Gasteiger partial charge in [-0.2, -0.15) is 0 Å². The Morgan fingerprint density at radius 1 is 1.21 bits per heavy atom. The van der Waals surface area contributed by atoms with E-state index in [4.69, 9.17) is 14.2 Å². The molecule has 0 fully saturated rings. The Bertz CT molecular complexity index is 699. The summed E-state index contributed by atoms with van der Waals surface area (Å²) in [6.45, 7) is 5.69. The van der Waals surface area contributed by atoms with E-state index in [9.17, 15) is 4.79 Å². The van der Waals surface area contributed by atoms with E-state index >= 15 is 0 Å². The lowest BCUT2D eigenvalue weighted by atomic mass is 10.2. The Morgan fingerprint density at radius 2 is 1.96 bits per heavy atom. The Hall–Kier alpha value is -2.95. The van der Waals surface area contributed by atoms with Crippen molar-refractivity contribution in [1.29, 1.82) is 0 Å². The highest BCUT2D eigenvalue weighted by Gasteiger charge is 2.17. The molecular weight excluding hydrogens is 306 g/mol. The average Bonchev–Trinajstić information content (AvgIpc) is 2.60. The topological polar surface area (TPSA) is 56.8 Å². The zero-order valence-electron chi connectivity index (χ0n) is 13.8. The highest BCUT2D eigenvalue weighted by Crippen LogP contribution is 2.27. The lowest BCUT2D eigenvalue weighted by molar-refractivity contribution is -0.122. The van der Waals surface area contributed by atoms with Crippen LogP contribution in [0.25, 0.3) is 0 Å². The largest absolute Gasteiger partial charge is 0.493 e. The molecule has 0 heterocycles. The predicted octanol–water partition coefficient (Wildman–Crippen LogP) is 3.67. The maximum atomic E-state index is 12.3. The minimum atomic E-state index is -0.681. The minimum absolute atomic E-state index is 0.262. The second-order valence-electron chi connectivity index (χ2n) is 5.03. The van der Waals surface area contributed by atoms with Gasteiger partial charge < -0.3 is 19.5 Å². The van der Waals surface area contributed by atoms with Crippen molar-refractivity contribution in [1.82, 2.24) is 0 Å². The van der Waals surface area contributed by atoms with Crippen LogP contribution in [0.5, 0.6) is 17.2 Å². The molecule has 0 radical (unpaired) electrons. The van der Waals surface area contributed by atoms with Crippen LogP contribution in [0.1, 0.15) is 6.92 Å². The summed E-state index contributed by atoms with van der Waals surface area (Å²) in [5, 5.41) is 2.81. The Morgan fingerprint density at radius 3 is 2.67 bits per heavy atom. The van der Waals surface area contributed by atoms with Gasteiger partial charge in [-0.3, -0.25) is 4.79 Å². The highest BCUT2D eigenvalue weighted by atomic mass is 16.5. The first-order valence-electron chi connectivity index (χ1n) is 7.58. The zero-order chi connectivity index (χ0) is 17.4. The Kier molecular flexibility index (Phi) is 6.25. The van der Waals surface area contributed by atoms with Gasteiger partial charge in [0.05, 0.1) is 7.11 Å². The number of hydrogen-bond donors (Lipinski definition) is 1. The third-order valence-corrected chi connectivity index (χ3v) is 3.21. The van der Waals surface area contributed by atoms with Crippen molar-refractivity contribution >= 4 is 11.6 Å². The van der Waals surface area contributed by atoms with Crippen LogP contribution in [0.15, 0.2) is 61.2 Å². The summed E-state index contributed by atoms with van der Waals surface area (Å²) in [4.78, 5) is 12.3. The number of nitrogens with one attached hydrogen (secondary N) is 1. The maximum absolute atomic E-state index is 12.3. The van der Waals surface area contributed by atoms with E-state index in [-0.39, 0.29) is 5.91 Å². The van der Waals surface area contributed by atoms with Gasteiger partial charge in [-0.25, -0.2) is 0 Å². The highest BCUT2D eigenvalue weighted by molar-refractivity contribution is 5.94. The van der Waals surface area contributed by atoms with Crippen molar-refractivity contribution in [3.8, 4) is 17.2 Å². The fourth-order valence-corrected chi connectivity index (χ4v) is 2.02. The summed E-state index contributed by atoms with van der Waals surface area (Å²) in [7, 11) is 1.56. The number of carbonyl (C=O) groups excluding carboxylic acids is 1. The fourth-order valence-electron chi connectivity index (χ4n) is 2.02. The summed E-state index contributed by atoms with van der Waals surface area (Å²) in [6.07, 6.45) is 0.980. The quantitative estimate of drug-likeness (QED) is 0.752. The first kappa shape index (κ1) is 17.4. The number of methoxy groups -OCH3 is 1. The van der Waals surface area contributed by atoms with Crippen LogP contribution in [-0.4, -0.2) is 25.7 Å². The summed E-state index contributed by atoms with van der Waals surface area (Å²) < 4.78 is 16.3. The van der Waals surface area contributed by atoms with Crippen molar-refractivity contribution < 1.29 is 19.0 Å². The molecule has 2 rings (SSSR count). The molecule has 0 aliphatic carbocycles. The summed E-state index contributed by atoms with van der Waals surface area (Å²) >= 11 is 0. The van der Waals surface area contributed by atoms with Gasteiger partial charge in [-0.1, -0.05) is 30.9 Å². The first-order valence-corrected chi connectivity index (χ1v) is 7.58.